The van der Waals surface area contributed by atoms with Crippen LogP contribution in [0.3, 0.4) is 0 Å². The average Bonchev–Trinajstić information content (AvgIpc) is 2.53. The van der Waals surface area contributed by atoms with Crippen molar-refractivity contribution in [1.82, 2.24) is 0 Å². The minimum absolute atomic E-state index is 0.951. The number of thiophene rings is 1. The molecule has 1 nitrogen and oxygen atoms in total. The van der Waals surface area contributed by atoms with Gasteiger partial charge in [-0.15, -0.1) is 23.1 Å². The van der Waals surface area contributed by atoms with E-state index in [1.165, 1.54) is 25.6 Å². The fraction of sp³-hybridized carbons (Fsp3) is 0.250. The number of rotatable bonds is 0. The summed E-state index contributed by atoms with van der Waals surface area (Å²) in [4.78, 5) is 4.59. The van der Waals surface area contributed by atoms with Gasteiger partial charge in [-0.25, -0.2) is 0 Å². The monoisotopic (exact) mass is 233 g/mol. The van der Waals surface area contributed by atoms with E-state index in [2.05, 4.69) is 36.2 Å². The first-order valence-electron chi connectivity index (χ1n) is 5.02. The molecule has 1 aromatic carbocycles. The Morgan fingerprint density at radius 2 is 2.13 bits per heavy atom. The normalized spacial score (nSPS) is 15.9. The first-order valence-corrected chi connectivity index (χ1v) is 6.82. The molecule has 3 rings (SSSR count). The van der Waals surface area contributed by atoms with Crippen LogP contribution < -0.4 is 0 Å². The minimum atomic E-state index is 0.951. The van der Waals surface area contributed by atoms with Crippen molar-refractivity contribution in [2.24, 2.45) is 4.99 Å². The van der Waals surface area contributed by atoms with Gasteiger partial charge >= 0.3 is 0 Å². The zero-order valence-corrected chi connectivity index (χ0v) is 10.1. The van der Waals surface area contributed by atoms with Crippen molar-refractivity contribution in [3.8, 4) is 0 Å². The SMILES string of the molecule is CC1=NCCSc2sc3ccccc3c21. The van der Waals surface area contributed by atoms with Gasteiger partial charge in [-0.05, 0) is 13.0 Å². The van der Waals surface area contributed by atoms with Gasteiger partial charge in [-0.1, -0.05) is 18.2 Å². The molecule has 76 valence electrons. The molecule has 0 spiro atoms. The number of nitrogens with zero attached hydrogens (tertiary/aromatic N) is 1. The van der Waals surface area contributed by atoms with Gasteiger partial charge in [0, 0.05) is 33.7 Å². The lowest BCUT2D eigenvalue weighted by atomic mass is 10.1. The number of benzene rings is 1. The van der Waals surface area contributed by atoms with Crippen LogP contribution in [0.5, 0.6) is 0 Å². The third-order valence-corrected chi connectivity index (χ3v) is 5.02. The Morgan fingerprint density at radius 3 is 3.07 bits per heavy atom. The molecule has 0 atom stereocenters. The zero-order valence-electron chi connectivity index (χ0n) is 8.49. The molecule has 0 bridgehead atoms. The lowest BCUT2D eigenvalue weighted by Crippen LogP contribution is -1.93. The van der Waals surface area contributed by atoms with Gasteiger partial charge in [0.2, 0.25) is 0 Å². The Labute approximate surface area is 97.2 Å². The molecule has 0 saturated carbocycles. The van der Waals surface area contributed by atoms with E-state index in [1.807, 2.05) is 23.1 Å². The molecular weight excluding hydrogens is 222 g/mol. The maximum atomic E-state index is 4.59. The molecule has 0 fully saturated rings. The molecule has 0 unspecified atom stereocenters. The summed E-state index contributed by atoms with van der Waals surface area (Å²) in [5, 5.41) is 1.37. The van der Waals surface area contributed by atoms with E-state index >= 15 is 0 Å². The van der Waals surface area contributed by atoms with Crippen molar-refractivity contribution in [2.45, 2.75) is 11.1 Å². The maximum absolute atomic E-state index is 4.59. The van der Waals surface area contributed by atoms with E-state index in [0.717, 1.165) is 12.3 Å². The van der Waals surface area contributed by atoms with Crippen molar-refractivity contribution < 1.29 is 0 Å². The van der Waals surface area contributed by atoms with Crippen molar-refractivity contribution in [1.29, 1.82) is 0 Å². The van der Waals surface area contributed by atoms with Crippen LogP contribution >= 0.6 is 23.1 Å². The number of hydrogen-bond donors (Lipinski definition) is 0. The highest BCUT2D eigenvalue weighted by molar-refractivity contribution is 8.01. The molecule has 0 amide bonds. The van der Waals surface area contributed by atoms with Crippen LogP contribution in [-0.4, -0.2) is 18.0 Å². The summed E-state index contributed by atoms with van der Waals surface area (Å²) in [6.45, 7) is 3.08. The van der Waals surface area contributed by atoms with Crippen LogP contribution in [0.1, 0.15) is 12.5 Å². The summed E-state index contributed by atoms with van der Waals surface area (Å²) in [6, 6.07) is 8.62. The van der Waals surface area contributed by atoms with Gasteiger partial charge in [0.05, 0.1) is 4.21 Å². The van der Waals surface area contributed by atoms with Crippen molar-refractivity contribution in [3.63, 3.8) is 0 Å². The summed E-state index contributed by atoms with van der Waals surface area (Å²) >= 11 is 3.84. The van der Waals surface area contributed by atoms with Crippen LogP contribution in [-0.2, 0) is 0 Å². The van der Waals surface area contributed by atoms with Crippen molar-refractivity contribution >= 4 is 38.9 Å². The predicted molar refractivity (Wildman–Crippen MR) is 69.6 cm³/mol. The summed E-state index contributed by atoms with van der Waals surface area (Å²) in [6.07, 6.45) is 0. The van der Waals surface area contributed by atoms with Gasteiger partial charge < -0.3 is 0 Å². The van der Waals surface area contributed by atoms with Crippen LogP contribution in [0, 0.1) is 0 Å². The molecule has 15 heavy (non-hydrogen) atoms. The smallest absolute Gasteiger partial charge is 0.0702 e. The Morgan fingerprint density at radius 1 is 1.27 bits per heavy atom. The van der Waals surface area contributed by atoms with Crippen molar-refractivity contribution in [2.75, 3.05) is 12.3 Å². The van der Waals surface area contributed by atoms with Gasteiger partial charge in [0.25, 0.3) is 0 Å². The van der Waals surface area contributed by atoms with E-state index < -0.39 is 0 Å². The highest BCUT2D eigenvalue weighted by atomic mass is 32.2. The van der Waals surface area contributed by atoms with Gasteiger partial charge in [0.1, 0.15) is 0 Å². The summed E-state index contributed by atoms with van der Waals surface area (Å²) in [7, 11) is 0. The number of hydrogen-bond acceptors (Lipinski definition) is 3. The molecule has 0 N–H and O–H groups in total. The third kappa shape index (κ3) is 1.50. The van der Waals surface area contributed by atoms with Gasteiger partial charge in [-0.3, -0.25) is 4.99 Å². The Bertz CT molecular complexity index is 540. The van der Waals surface area contributed by atoms with Crippen molar-refractivity contribution in [3.05, 3.63) is 29.8 Å². The zero-order chi connectivity index (χ0) is 10.3. The lowest BCUT2D eigenvalue weighted by molar-refractivity contribution is 1.15. The molecular formula is C12H11NS2. The van der Waals surface area contributed by atoms with Gasteiger partial charge in [0.15, 0.2) is 0 Å². The summed E-state index contributed by atoms with van der Waals surface area (Å²) < 4.78 is 2.82. The van der Waals surface area contributed by atoms with E-state index in [1.54, 1.807) is 0 Å². The fourth-order valence-corrected chi connectivity index (χ4v) is 4.41. The second kappa shape index (κ2) is 3.65. The van der Waals surface area contributed by atoms with Crippen LogP contribution in [0.25, 0.3) is 10.1 Å². The Balaban J connectivity index is 2.36. The molecule has 0 saturated heterocycles. The highest BCUT2D eigenvalue weighted by Gasteiger charge is 2.16. The summed E-state index contributed by atoms with van der Waals surface area (Å²) in [5.74, 6) is 1.11. The topological polar surface area (TPSA) is 12.4 Å². The quantitative estimate of drug-likeness (QED) is 0.674. The number of thioether (sulfide) groups is 1. The van der Waals surface area contributed by atoms with Crippen LogP contribution in [0.4, 0.5) is 0 Å². The fourth-order valence-electron chi connectivity index (χ4n) is 1.90. The van der Waals surface area contributed by atoms with Gasteiger partial charge in [-0.2, -0.15) is 0 Å². The third-order valence-electron chi connectivity index (χ3n) is 2.60. The highest BCUT2D eigenvalue weighted by Crippen LogP contribution is 2.39. The molecule has 0 radical (unpaired) electrons. The average molecular weight is 233 g/mol. The number of aliphatic imine (C=N–C) groups is 1. The molecule has 0 aliphatic carbocycles. The largest absolute Gasteiger partial charge is 0.288 e. The minimum Gasteiger partial charge on any atom is -0.288 e. The van der Waals surface area contributed by atoms with E-state index in [9.17, 15) is 0 Å². The second-order valence-corrected chi connectivity index (χ2v) is 5.99. The maximum Gasteiger partial charge on any atom is 0.0702 e. The standard InChI is InChI=1S/C12H11NS2/c1-8-11-9-4-2-3-5-10(9)15-12(11)14-7-6-13-8/h2-5H,6-7H2,1H3. The van der Waals surface area contributed by atoms with E-state index in [-0.39, 0.29) is 0 Å². The lowest BCUT2D eigenvalue weighted by Gasteiger charge is -1.98. The molecule has 3 heteroatoms. The molecule has 1 aliphatic heterocycles. The van der Waals surface area contributed by atoms with Crippen LogP contribution in [0.15, 0.2) is 33.5 Å². The molecule has 1 aromatic heterocycles. The Hall–Kier alpha value is -0.800. The number of fused-ring (bicyclic) bond motifs is 3. The first kappa shape index (κ1) is 9.43. The first-order chi connectivity index (χ1) is 7.36. The molecule has 2 heterocycles. The molecule has 1 aliphatic rings. The van der Waals surface area contributed by atoms with E-state index in [0.29, 0.717) is 0 Å². The summed E-state index contributed by atoms with van der Waals surface area (Å²) in [5.41, 5.74) is 2.57. The second-order valence-electron chi connectivity index (χ2n) is 3.58. The predicted octanol–water partition coefficient (Wildman–Crippen LogP) is 3.82. The van der Waals surface area contributed by atoms with Crippen LogP contribution in [0.2, 0.25) is 0 Å². The Kier molecular flexibility index (Phi) is 2.29. The van der Waals surface area contributed by atoms with E-state index in [4.69, 9.17) is 0 Å². The molecule has 2 aromatic rings.